The van der Waals surface area contributed by atoms with Gasteiger partial charge in [-0.2, -0.15) is 0 Å². The van der Waals surface area contributed by atoms with Gasteiger partial charge < -0.3 is 0 Å². The SMILES string of the molecule is CCC1=CCCc2ccncc21. The van der Waals surface area contributed by atoms with Crippen molar-refractivity contribution >= 4 is 5.57 Å². The molecule has 0 unspecified atom stereocenters. The third-order valence-electron chi connectivity index (χ3n) is 2.44. The minimum absolute atomic E-state index is 1.12. The number of hydrogen-bond donors (Lipinski definition) is 0. The average molecular weight is 159 g/mol. The summed E-state index contributed by atoms with van der Waals surface area (Å²) in [5.74, 6) is 0. The number of pyridine rings is 1. The molecule has 1 heteroatoms. The van der Waals surface area contributed by atoms with Crippen LogP contribution in [-0.2, 0) is 6.42 Å². The zero-order valence-electron chi connectivity index (χ0n) is 7.38. The van der Waals surface area contributed by atoms with Crippen LogP contribution in [0.1, 0.15) is 30.9 Å². The maximum Gasteiger partial charge on any atom is 0.0345 e. The first-order valence-electron chi connectivity index (χ1n) is 4.54. The lowest BCUT2D eigenvalue weighted by Crippen LogP contribution is -1.99. The molecule has 62 valence electrons. The van der Waals surface area contributed by atoms with Crippen LogP contribution in [0, 0.1) is 0 Å². The van der Waals surface area contributed by atoms with E-state index in [0.29, 0.717) is 0 Å². The largest absolute Gasteiger partial charge is 0.264 e. The predicted molar refractivity (Wildman–Crippen MR) is 50.8 cm³/mol. The van der Waals surface area contributed by atoms with E-state index in [-0.39, 0.29) is 0 Å². The monoisotopic (exact) mass is 159 g/mol. The Labute approximate surface area is 73.1 Å². The number of fused-ring (bicyclic) bond motifs is 1. The van der Waals surface area contributed by atoms with Crippen LogP contribution < -0.4 is 0 Å². The molecule has 0 spiro atoms. The summed E-state index contributed by atoms with van der Waals surface area (Å²) in [4.78, 5) is 4.16. The summed E-state index contributed by atoms with van der Waals surface area (Å²) in [5.41, 5.74) is 4.29. The van der Waals surface area contributed by atoms with E-state index in [9.17, 15) is 0 Å². The molecule has 2 rings (SSSR count). The van der Waals surface area contributed by atoms with Crippen LogP contribution in [0.4, 0.5) is 0 Å². The lowest BCUT2D eigenvalue weighted by Gasteiger charge is -2.15. The number of hydrogen-bond acceptors (Lipinski definition) is 1. The number of allylic oxidation sites excluding steroid dienone is 2. The fraction of sp³-hybridized carbons (Fsp3) is 0.364. The second-order valence-electron chi connectivity index (χ2n) is 3.15. The van der Waals surface area contributed by atoms with E-state index in [0.717, 1.165) is 6.42 Å². The van der Waals surface area contributed by atoms with Crippen molar-refractivity contribution in [1.82, 2.24) is 4.98 Å². The van der Waals surface area contributed by atoms with Crippen molar-refractivity contribution < 1.29 is 0 Å². The van der Waals surface area contributed by atoms with E-state index < -0.39 is 0 Å². The van der Waals surface area contributed by atoms with Gasteiger partial charge in [0.2, 0.25) is 0 Å². The Bertz CT molecular complexity index is 313. The Kier molecular flexibility index (Phi) is 1.94. The molecule has 1 aromatic heterocycles. The lowest BCUT2D eigenvalue weighted by molar-refractivity contribution is 0.954. The molecule has 0 N–H and O–H groups in total. The van der Waals surface area contributed by atoms with Crippen LogP contribution in [0.15, 0.2) is 24.5 Å². The lowest BCUT2D eigenvalue weighted by atomic mass is 9.91. The second-order valence-corrected chi connectivity index (χ2v) is 3.15. The molecule has 0 saturated carbocycles. The molecule has 0 radical (unpaired) electrons. The molecule has 0 atom stereocenters. The number of rotatable bonds is 1. The van der Waals surface area contributed by atoms with Crippen LogP contribution >= 0.6 is 0 Å². The van der Waals surface area contributed by atoms with Crippen LogP contribution in [-0.4, -0.2) is 4.98 Å². The molecule has 0 amide bonds. The summed E-state index contributed by atoms with van der Waals surface area (Å²) in [7, 11) is 0. The van der Waals surface area contributed by atoms with Crippen LogP contribution in [0.25, 0.3) is 5.57 Å². The molecule has 1 aromatic rings. The highest BCUT2D eigenvalue weighted by Crippen LogP contribution is 2.27. The van der Waals surface area contributed by atoms with E-state index in [1.165, 1.54) is 29.5 Å². The van der Waals surface area contributed by atoms with Crippen molar-refractivity contribution in [3.8, 4) is 0 Å². The summed E-state index contributed by atoms with van der Waals surface area (Å²) in [6, 6.07) is 2.14. The fourth-order valence-electron chi connectivity index (χ4n) is 1.78. The van der Waals surface area contributed by atoms with E-state index in [2.05, 4.69) is 24.1 Å². The first-order valence-corrected chi connectivity index (χ1v) is 4.54. The normalized spacial score (nSPS) is 15.2. The molecule has 1 aliphatic carbocycles. The first-order chi connectivity index (χ1) is 5.92. The summed E-state index contributed by atoms with van der Waals surface area (Å²) in [5, 5.41) is 0. The summed E-state index contributed by atoms with van der Waals surface area (Å²) < 4.78 is 0. The van der Waals surface area contributed by atoms with Crippen LogP contribution in [0.3, 0.4) is 0 Å². The van der Waals surface area contributed by atoms with Gasteiger partial charge in [0.15, 0.2) is 0 Å². The van der Waals surface area contributed by atoms with E-state index in [1.807, 2.05) is 12.4 Å². The van der Waals surface area contributed by atoms with Gasteiger partial charge in [0.05, 0.1) is 0 Å². The molecule has 0 aromatic carbocycles. The van der Waals surface area contributed by atoms with E-state index >= 15 is 0 Å². The highest BCUT2D eigenvalue weighted by molar-refractivity contribution is 5.69. The molecule has 0 bridgehead atoms. The minimum atomic E-state index is 1.12. The average Bonchev–Trinajstić information content (AvgIpc) is 2.17. The standard InChI is InChI=1S/C11H13N/c1-2-9-4-3-5-10-6-7-12-8-11(9)10/h4,6-8H,2-3,5H2,1H3. The Morgan fingerprint density at radius 3 is 3.25 bits per heavy atom. The van der Waals surface area contributed by atoms with Gasteiger partial charge in [0.25, 0.3) is 0 Å². The third kappa shape index (κ3) is 1.15. The zero-order chi connectivity index (χ0) is 8.39. The maximum absolute atomic E-state index is 4.16. The van der Waals surface area contributed by atoms with Gasteiger partial charge in [-0.15, -0.1) is 0 Å². The highest BCUT2D eigenvalue weighted by atomic mass is 14.6. The van der Waals surface area contributed by atoms with Crippen molar-refractivity contribution in [2.24, 2.45) is 0 Å². The molecule has 0 saturated heterocycles. The quantitative estimate of drug-likeness (QED) is 0.614. The fourth-order valence-corrected chi connectivity index (χ4v) is 1.78. The van der Waals surface area contributed by atoms with Gasteiger partial charge in [-0.25, -0.2) is 0 Å². The molecule has 1 aliphatic rings. The maximum atomic E-state index is 4.16. The van der Waals surface area contributed by atoms with Gasteiger partial charge >= 0.3 is 0 Å². The van der Waals surface area contributed by atoms with Gasteiger partial charge in [-0.3, -0.25) is 4.98 Å². The Balaban J connectivity index is 2.48. The third-order valence-corrected chi connectivity index (χ3v) is 2.44. The van der Waals surface area contributed by atoms with Crippen molar-refractivity contribution in [3.05, 3.63) is 35.7 Å². The molecule has 0 fully saturated rings. The van der Waals surface area contributed by atoms with Crippen molar-refractivity contribution in [1.29, 1.82) is 0 Å². The van der Waals surface area contributed by atoms with Crippen LogP contribution in [0.5, 0.6) is 0 Å². The van der Waals surface area contributed by atoms with E-state index in [4.69, 9.17) is 0 Å². The van der Waals surface area contributed by atoms with Crippen molar-refractivity contribution in [3.63, 3.8) is 0 Å². The topological polar surface area (TPSA) is 12.9 Å². The van der Waals surface area contributed by atoms with Gasteiger partial charge in [0.1, 0.15) is 0 Å². The molecule has 1 heterocycles. The molecular formula is C11H13N. The number of nitrogens with zero attached hydrogens (tertiary/aromatic N) is 1. The molecule has 0 aliphatic heterocycles. The van der Waals surface area contributed by atoms with Gasteiger partial charge in [-0.05, 0) is 42.0 Å². The molecule has 12 heavy (non-hydrogen) atoms. The Hall–Kier alpha value is -1.11. The smallest absolute Gasteiger partial charge is 0.0345 e. The molecular weight excluding hydrogens is 146 g/mol. The summed E-state index contributed by atoms with van der Waals surface area (Å²) >= 11 is 0. The number of aryl methyl sites for hydroxylation is 1. The zero-order valence-corrected chi connectivity index (χ0v) is 7.38. The number of aromatic nitrogens is 1. The van der Waals surface area contributed by atoms with Crippen LogP contribution in [0.2, 0.25) is 0 Å². The summed E-state index contributed by atoms with van der Waals surface area (Å²) in [6.07, 6.45) is 9.71. The second kappa shape index (κ2) is 3.10. The predicted octanol–water partition coefficient (Wildman–Crippen LogP) is 2.82. The summed E-state index contributed by atoms with van der Waals surface area (Å²) in [6.45, 7) is 2.20. The molecule has 1 nitrogen and oxygen atoms in total. The van der Waals surface area contributed by atoms with Gasteiger partial charge in [-0.1, -0.05) is 13.0 Å². The van der Waals surface area contributed by atoms with Crippen molar-refractivity contribution in [2.45, 2.75) is 26.2 Å². The first kappa shape index (κ1) is 7.53. The Morgan fingerprint density at radius 1 is 1.50 bits per heavy atom. The minimum Gasteiger partial charge on any atom is -0.264 e. The van der Waals surface area contributed by atoms with Crippen molar-refractivity contribution in [2.75, 3.05) is 0 Å². The van der Waals surface area contributed by atoms with E-state index in [1.54, 1.807) is 0 Å². The van der Waals surface area contributed by atoms with Gasteiger partial charge in [0, 0.05) is 12.4 Å². The Morgan fingerprint density at radius 2 is 2.42 bits per heavy atom. The highest BCUT2D eigenvalue weighted by Gasteiger charge is 2.09.